The zero-order chi connectivity index (χ0) is 21.8. The summed E-state index contributed by atoms with van der Waals surface area (Å²) in [7, 11) is -1.35. The van der Waals surface area contributed by atoms with Crippen LogP contribution in [-0.2, 0) is 15.7 Å². The molecule has 0 bridgehead atoms. The van der Waals surface area contributed by atoms with Crippen molar-refractivity contribution in [3.63, 3.8) is 0 Å². The molecule has 0 aliphatic rings. The minimum atomic E-state index is -1.35. The van der Waals surface area contributed by atoms with Gasteiger partial charge in [-0.3, -0.25) is 5.32 Å². The Hall–Kier alpha value is -1.89. The third kappa shape index (κ3) is 7.14. The first-order valence-corrected chi connectivity index (χ1v) is 10.9. The third-order valence-corrected chi connectivity index (χ3v) is 5.67. The van der Waals surface area contributed by atoms with Crippen LogP contribution in [0.3, 0.4) is 0 Å². The van der Waals surface area contributed by atoms with Gasteiger partial charge in [0.15, 0.2) is 0 Å². The molecular weight excluding hydrogens is 408 g/mol. The van der Waals surface area contributed by atoms with Crippen LogP contribution >= 0.6 is 11.6 Å². The number of halogens is 1. The lowest BCUT2D eigenvalue weighted by atomic mass is 9.98. The maximum absolute atomic E-state index is 12.9. The molecule has 7 heteroatoms. The average Bonchev–Trinajstić information content (AvgIpc) is 2.59. The third-order valence-electron chi connectivity index (χ3n) is 3.87. The van der Waals surface area contributed by atoms with Crippen molar-refractivity contribution < 1.29 is 13.7 Å². The molecule has 2 aromatic carbocycles. The SMILES string of the molecule is CC(C)(C)OC(=O)Nc1ccc(Cl)cc1C(NS(=O)C(C)(C)C)c1ccccc1. The quantitative estimate of drug-likeness (QED) is 0.619. The van der Waals surface area contributed by atoms with E-state index in [0.717, 1.165) is 5.56 Å². The molecule has 158 valence electrons. The summed E-state index contributed by atoms with van der Waals surface area (Å²) >= 11 is 6.27. The summed E-state index contributed by atoms with van der Waals surface area (Å²) in [5.41, 5.74) is 1.52. The number of amides is 1. The minimum absolute atomic E-state index is 0.445. The predicted octanol–water partition coefficient (Wildman–Crippen LogP) is 5.83. The summed E-state index contributed by atoms with van der Waals surface area (Å²) in [6.07, 6.45) is -0.565. The fourth-order valence-electron chi connectivity index (χ4n) is 2.54. The molecule has 2 N–H and O–H groups in total. The lowest BCUT2D eigenvalue weighted by Gasteiger charge is -2.27. The summed E-state index contributed by atoms with van der Waals surface area (Å²) in [4.78, 5) is 12.4. The van der Waals surface area contributed by atoms with Gasteiger partial charge in [-0.05, 0) is 70.9 Å². The van der Waals surface area contributed by atoms with Gasteiger partial charge in [0, 0.05) is 10.7 Å². The molecule has 29 heavy (non-hydrogen) atoms. The summed E-state index contributed by atoms with van der Waals surface area (Å²) in [5.74, 6) is 0. The van der Waals surface area contributed by atoms with Gasteiger partial charge in [-0.15, -0.1) is 0 Å². The van der Waals surface area contributed by atoms with Crippen LogP contribution in [0, 0.1) is 0 Å². The van der Waals surface area contributed by atoms with Crippen LogP contribution < -0.4 is 10.0 Å². The second-order valence-corrected chi connectivity index (χ2v) is 11.1. The van der Waals surface area contributed by atoms with Crippen molar-refractivity contribution >= 4 is 34.4 Å². The van der Waals surface area contributed by atoms with Crippen LogP contribution in [0.15, 0.2) is 48.5 Å². The second-order valence-electron chi connectivity index (χ2n) is 8.70. The first-order chi connectivity index (χ1) is 13.4. The van der Waals surface area contributed by atoms with E-state index in [2.05, 4.69) is 10.0 Å². The van der Waals surface area contributed by atoms with Crippen molar-refractivity contribution in [2.24, 2.45) is 0 Å². The van der Waals surface area contributed by atoms with E-state index < -0.39 is 33.5 Å². The molecule has 2 unspecified atom stereocenters. The number of rotatable bonds is 5. The van der Waals surface area contributed by atoms with E-state index in [9.17, 15) is 9.00 Å². The Bertz CT molecular complexity index is 874. The van der Waals surface area contributed by atoms with Gasteiger partial charge in [0.05, 0.1) is 21.8 Å². The van der Waals surface area contributed by atoms with Crippen molar-refractivity contribution in [2.75, 3.05) is 5.32 Å². The van der Waals surface area contributed by atoms with Gasteiger partial charge in [0.2, 0.25) is 0 Å². The standard InChI is InChI=1S/C22H29ClN2O3S/c1-21(2,3)28-20(26)24-18-13-12-16(23)14-17(18)19(15-10-8-7-9-11-15)25-29(27)22(4,5)6/h7-14,19,25H,1-6H3,(H,24,26). The lowest BCUT2D eigenvalue weighted by molar-refractivity contribution is 0.0635. The van der Waals surface area contributed by atoms with Crippen LogP contribution in [0.1, 0.15) is 58.7 Å². The minimum Gasteiger partial charge on any atom is -0.444 e. The topological polar surface area (TPSA) is 67.4 Å². The highest BCUT2D eigenvalue weighted by Gasteiger charge is 2.27. The molecule has 0 aliphatic carbocycles. The molecule has 0 heterocycles. The number of carbonyl (C=O) groups excluding carboxylic acids is 1. The highest BCUT2D eigenvalue weighted by Crippen LogP contribution is 2.32. The zero-order valence-corrected chi connectivity index (χ0v) is 19.3. The van der Waals surface area contributed by atoms with Gasteiger partial charge in [-0.2, -0.15) is 0 Å². The molecule has 2 aromatic rings. The van der Waals surface area contributed by atoms with Crippen molar-refractivity contribution in [1.29, 1.82) is 0 Å². The fraction of sp³-hybridized carbons (Fsp3) is 0.409. The Morgan fingerprint density at radius 2 is 1.66 bits per heavy atom. The number of carbonyl (C=O) groups is 1. The van der Waals surface area contributed by atoms with Crippen LogP contribution in [0.5, 0.6) is 0 Å². The Morgan fingerprint density at radius 1 is 1.03 bits per heavy atom. The molecule has 5 nitrogen and oxygen atoms in total. The van der Waals surface area contributed by atoms with Gasteiger partial charge < -0.3 is 4.74 Å². The maximum atomic E-state index is 12.9. The van der Waals surface area contributed by atoms with Crippen molar-refractivity contribution in [3.05, 3.63) is 64.7 Å². The predicted molar refractivity (Wildman–Crippen MR) is 121 cm³/mol. The summed E-state index contributed by atoms with van der Waals surface area (Å²) in [6.45, 7) is 11.1. The van der Waals surface area contributed by atoms with Crippen LogP contribution in [0.2, 0.25) is 5.02 Å². The molecule has 0 spiro atoms. The second kappa shape index (κ2) is 9.28. The van der Waals surface area contributed by atoms with Gasteiger partial charge in [-0.1, -0.05) is 41.9 Å². The number of benzene rings is 2. The van der Waals surface area contributed by atoms with Crippen molar-refractivity contribution in [2.45, 2.75) is 57.9 Å². The van der Waals surface area contributed by atoms with E-state index in [1.807, 2.05) is 51.1 Å². The molecule has 0 radical (unpaired) electrons. The summed E-state index contributed by atoms with van der Waals surface area (Å²) < 4.78 is 21.0. The first-order valence-electron chi connectivity index (χ1n) is 9.39. The maximum Gasteiger partial charge on any atom is 0.412 e. The number of ether oxygens (including phenoxy) is 1. The Balaban J connectivity index is 2.48. The van der Waals surface area contributed by atoms with Gasteiger partial charge >= 0.3 is 6.09 Å². The molecule has 1 amide bonds. The van der Waals surface area contributed by atoms with E-state index in [1.54, 1.807) is 39.0 Å². The summed E-state index contributed by atoms with van der Waals surface area (Å²) in [5, 5.41) is 3.31. The Morgan fingerprint density at radius 3 is 2.21 bits per heavy atom. The lowest BCUT2D eigenvalue weighted by Crippen LogP contribution is -2.36. The Labute approximate surface area is 180 Å². The first kappa shape index (κ1) is 23.4. The van der Waals surface area contributed by atoms with Crippen LogP contribution in [0.4, 0.5) is 10.5 Å². The smallest absolute Gasteiger partial charge is 0.412 e. The van der Waals surface area contributed by atoms with E-state index in [-0.39, 0.29) is 0 Å². The molecule has 0 aromatic heterocycles. The van der Waals surface area contributed by atoms with Crippen molar-refractivity contribution in [3.8, 4) is 0 Å². The normalized spacial score (nSPS) is 14.2. The van der Waals surface area contributed by atoms with Crippen molar-refractivity contribution in [1.82, 2.24) is 4.72 Å². The summed E-state index contributed by atoms with van der Waals surface area (Å²) in [6, 6.07) is 14.4. The highest BCUT2D eigenvalue weighted by atomic mass is 35.5. The largest absolute Gasteiger partial charge is 0.444 e. The molecule has 2 rings (SSSR count). The van der Waals surface area contributed by atoms with E-state index in [1.165, 1.54) is 0 Å². The van der Waals surface area contributed by atoms with Crippen LogP contribution in [0.25, 0.3) is 0 Å². The highest BCUT2D eigenvalue weighted by molar-refractivity contribution is 7.84. The zero-order valence-electron chi connectivity index (χ0n) is 17.7. The Kier molecular flexibility index (Phi) is 7.49. The number of nitrogens with one attached hydrogen (secondary N) is 2. The number of hydrogen-bond donors (Lipinski definition) is 2. The monoisotopic (exact) mass is 436 g/mol. The van der Waals surface area contributed by atoms with E-state index >= 15 is 0 Å². The van der Waals surface area contributed by atoms with E-state index in [0.29, 0.717) is 16.3 Å². The van der Waals surface area contributed by atoms with Crippen LogP contribution in [-0.4, -0.2) is 20.7 Å². The fourth-order valence-corrected chi connectivity index (χ4v) is 3.55. The molecule has 0 fully saturated rings. The molecule has 2 atom stereocenters. The van der Waals surface area contributed by atoms with Gasteiger partial charge in [-0.25, -0.2) is 13.7 Å². The van der Waals surface area contributed by atoms with Gasteiger partial charge in [0.1, 0.15) is 5.60 Å². The molecule has 0 saturated carbocycles. The number of hydrogen-bond acceptors (Lipinski definition) is 3. The molecular formula is C22H29ClN2O3S. The molecule has 0 saturated heterocycles. The van der Waals surface area contributed by atoms with Gasteiger partial charge in [0.25, 0.3) is 0 Å². The molecule has 0 aliphatic heterocycles. The average molecular weight is 437 g/mol. The number of anilines is 1. The van der Waals surface area contributed by atoms with E-state index in [4.69, 9.17) is 16.3 Å².